The van der Waals surface area contributed by atoms with Gasteiger partial charge < -0.3 is 9.88 Å². The number of aromatic nitrogens is 3. The first-order valence-corrected chi connectivity index (χ1v) is 8.41. The molecule has 8 heteroatoms. The number of fused-ring (bicyclic) bond motifs is 1. The predicted octanol–water partition coefficient (Wildman–Crippen LogP) is 3.33. The molecule has 0 bridgehead atoms. The lowest BCUT2D eigenvalue weighted by molar-refractivity contribution is -0.141. The first-order valence-electron chi connectivity index (χ1n) is 7.60. The summed E-state index contributed by atoms with van der Waals surface area (Å²) in [7, 11) is 0. The van der Waals surface area contributed by atoms with Crippen LogP contribution in [0, 0.1) is 19.8 Å². The molecular formula is C15H19F3N4S. The van der Waals surface area contributed by atoms with Crippen molar-refractivity contribution in [1.82, 2.24) is 19.9 Å². The maximum absolute atomic E-state index is 12.7. The molecule has 2 aromatic heterocycles. The molecule has 0 unspecified atom stereocenters. The van der Waals surface area contributed by atoms with Gasteiger partial charge in [0, 0.05) is 37.1 Å². The predicted molar refractivity (Wildman–Crippen MR) is 82.3 cm³/mol. The number of nitrogens with zero attached hydrogens (tertiary/aromatic N) is 3. The molecule has 3 heterocycles. The van der Waals surface area contributed by atoms with Gasteiger partial charge in [0.2, 0.25) is 0 Å². The highest BCUT2D eigenvalue weighted by Gasteiger charge is 2.35. The van der Waals surface area contributed by atoms with E-state index >= 15 is 0 Å². The van der Waals surface area contributed by atoms with Gasteiger partial charge in [-0.3, -0.25) is 0 Å². The zero-order valence-electron chi connectivity index (χ0n) is 13.1. The standard InChI is InChI=1S/C15H19F3N4S/c1-9-12(23-10(2)20-9)6-19-5-11-3-4-14-21-13(15(16,17)18)8-22(14)7-11/h8,11,19H,3-7H2,1-2H3/t11-/m0/s1. The van der Waals surface area contributed by atoms with Gasteiger partial charge in [0.15, 0.2) is 5.69 Å². The maximum Gasteiger partial charge on any atom is 0.434 e. The minimum Gasteiger partial charge on any atom is -0.334 e. The number of halogens is 3. The van der Waals surface area contributed by atoms with Gasteiger partial charge in [0.1, 0.15) is 5.82 Å². The lowest BCUT2D eigenvalue weighted by atomic mass is 9.99. The minimum atomic E-state index is -4.36. The zero-order valence-corrected chi connectivity index (χ0v) is 13.9. The largest absolute Gasteiger partial charge is 0.434 e. The smallest absolute Gasteiger partial charge is 0.334 e. The highest BCUT2D eigenvalue weighted by atomic mass is 32.1. The molecule has 0 amide bonds. The molecule has 0 saturated heterocycles. The van der Waals surface area contributed by atoms with Crippen LogP contribution < -0.4 is 5.32 Å². The number of hydrogen-bond acceptors (Lipinski definition) is 4. The van der Waals surface area contributed by atoms with Crippen molar-refractivity contribution in [2.24, 2.45) is 5.92 Å². The molecule has 0 fully saturated rings. The lowest BCUT2D eigenvalue weighted by Gasteiger charge is -2.23. The lowest BCUT2D eigenvalue weighted by Crippen LogP contribution is -2.29. The number of hydrogen-bond donors (Lipinski definition) is 1. The third-order valence-corrected chi connectivity index (χ3v) is 5.17. The fourth-order valence-electron chi connectivity index (χ4n) is 2.95. The van der Waals surface area contributed by atoms with E-state index in [2.05, 4.69) is 15.3 Å². The fourth-order valence-corrected chi connectivity index (χ4v) is 3.85. The van der Waals surface area contributed by atoms with Crippen molar-refractivity contribution in [3.63, 3.8) is 0 Å². The average molecular weight is 344 g/mol. The number of thiazole rings is 1. The van der Waals surface area contributed by atoms with E-state index in [0.29, 0.717) is 24.7 Å². The van der Waals surface area contributed by atoms with Gasteiger partial charge in [-0.15, -0.1) is 11.3 Å². The Hall–Kier alpha value is -1.41. The summed E-state index contributed by atoms with van der Waals surface area (Å²) in [6.45, 7) is 6.12. The number of rotatable bonds is 4. The summed E-state index contributed by atoms with van der Waals surface area (Å²) >= 11 is 1.68. The number of imidazole rings is 1. The number of aryl methyl sites for hydroxylation is 3. The van der Waals surface area contributed by atoms with Crippen molar-refractivity contribution >= 4 is 11.3 Å². The molecule has 126 valence electrons. The first kappa shape index (κ1) is 16.4. The molecule has 1 atom stereocenters. The van der Waals surface area contributed by atoms with Crippen LogP contribution in [0.2, 0.25) is 0 Å². The summed E-state index contributed by atoms with van der Waals surface area (Å²) in [5.41, 5.74) is 0.271. The molecule has 4 nitrogen and oxygen atoms in total. The second-order valence-corrected chi connectivity index (χ2v) is 7.26. The Balaban J connectivity index is 1.55. The van der Waals surface area contributed by atoms with E-state index in [0.717, 1.165) is 36.4 Å². The van der Waals surface area contributed by atoms with E-state index in [4.69, 9.17) is 0 Å². The van der Waals surface area contributed by atoms with E-state index in [9.17, 15) is 13.2 Å². The van der Waals surface area contributed by atoms with E-state index in [1.165, 1.54) is 4.88 Å². The average Bonchev–Trinajstić information content (AvgIpc) is 3.01. The molecule has 3 rings (SSSR count). The van der Waals surface area contributed by atoms with Crippen LogP contribution in [0.3, 0.4) is 0 Å². The Bertz CT molecular complexity index is 689. The van der Waals surface area contributed by atoms with Gasteiger partial charge in [0.25, 0.3) is 0 Å². The molecule has 1 aliphatic rings. The van der Waals surface area contributed by atoms with Gasteiger partial charge in [-0.25, -0.2) is 9.97 Å². The molecule has 0 spiro atoms. The Labute approximate surface area is 136 Å². The van der Waals surface area contributed by atoms with Crippen molar-refractivity contribution in [2.75, 3.05) is 6.54 Å². The summed E-state index contributed by atoms with van der Waals surface area (Å²) in [5.74, 6) is 0.870. The normalized spacial score (nSPS) is 18.2. The fraction of sp³-hybridized carbons (Fsp3) is 0.600. The van der Waals surface area contributed by atoms with Gasteiger partial charge in [-0.1, -0.05) is 0 Å². The summed E-state index contributed by atoms with van der Waals surface area (Å²) < 4.78 is 39.8. The molecule has 23 heavy (non-hydrogen) atoms. The highest BCUT2D eigenvalue weighted by Crippen LogP contribution is 2.30. The molecule has 0 radical (unpaired) electrons. The topological polar surface area (TPSA) is 42.7 Å². The van der Waals surface area contributed by atoms with Crippen molar-refractivity contribution in [3.05, 3.63) is 33.3 Å². The van der Waals surface area contributed by atoms with Crippen molar-refractivity contribution < 1.29 is 13.2 Å². The first-order chi connectivity index (χ1) is 10.8. The maximum atomic E-state index is 12.7. The van der Waals surface area contributed by atoms with Crippen LogP contribution in [0.4, 0.5) is 13.2 Å². The van der Waals surface area contributed by atoms with Gasteiger partial charge in [-0.2, -0.15) is 13.2 Å². The minimum absolute atomic E-state index is 0.326. The van der Waals surface area contributed by atoms with Crippen LogP contribution in [0.1, 0.15) is 33.5 Å². The monoisotopic (exact) mass is 344 g/mol. The SMILES string of the molecule is Cc1nc(C)c(CNC[C@@H]2CCc3nc(C(F)(F)F)cn3C2)s1. The second-order valence-electron chi connectivity index (χ2n) is 5.97. The van der Waals surface area contributed by atoms with Gasteiger partial charge in [0.05, 0.1) is 10.7 Å². The van der Waals surface area contributed by atoms with E-state index in [-0.39, 0.29) is 0 Å². The van der Waals surface area contributed by atoms with Crippen molar-refractivity contribution in [2.45, 2.75) is 46.0 Å². The van der Waals surface area contributed by atoms with Crippen molar-refractivity contribution in [3.8, 4) is 0 Å². The molecule has 1 N–H and O–H groups in total. The molecule has 0 saturated carbocycles. The van der Waals surface area contributed by atoms with Crippen LogP contribution in [0.15, 0.2) is 6.20 Å². The Kier molecular flexibility index (Phi) is 4.46. The van der Waals surface area contributed by atoms with Gasteiger partial charge in [-0.05, 0) is 26.2 Å². The number of alkyl halides is 3. The van der Waals surface area contributed by atoms with Crippen LogP contribution in [0.5, 0.6) is 0 Å². The summed E-state index contributed by atoms with van der Waals surface area (Å²) in [4.78, 5) is 9.32. The van der Waals surface area contributed by atoms with Crippen molar-refractivity contribution in [1.29, 1.82) is 0 Å². The van der Waals surface area contributed by atoms with Crippen LogP contribution in [-0.4, -0.2) is 21.1 Å². The van der Waals surface area contributed by atoms with E-state index < -0.39 is 11.9 Å². The molecule has 1 aliphatic heterocycles. The third-order valence-electron chi connectivity index (χ3n) is 4.10. The Morgan fingerprint density at radius 1 is 1.35 bits per heavy atom. The molecule has 0 aromatic carbocycles. The van der Waals surface area contributed by atoms with Crippen LogP contribution in [-0.2, 0) is 25.7 Å². The third kappa shape index (κ3) is 3.74. The van der Waals surface area contributed by atoms with E-state index in [1.54, 1.807) is 15.9 Å². The molecule has 0 aliphatic carbocycles. The van der Waals surface area contributed by atoms with Crippen LogP contribution >= 0.6 is 11.3 Å². The molecule has 2 aromatic rings. The zero-order chi connectivity index (χ0) is 16.6. The number of nitrogens with one attached hydrogen (secondary N) is 1. The quantitative estimate of drug-likeness (QED) is 0.925. The summed E-state index contributed by atoms with van der Waals surface area (Å²) in [5, 5.41) is 4.46. The van der Waals surface area contributed by atoms with E-state index in [1.807, 2.05) is 13.8 Å². The summed E-state index contributed by atoms with van der Waals surface area (Å²) in [6, 6.07) is 0. The Morgan fingerprint density at radius 2 is 2.13 bits per heavy atom. The Morgan fingerprint density at radius 3 is 2.78 bits per heavy atom. The summed E-state index contributed by atoms with van der Waals surface area (Å²) in [6.07, 6.45) is -1.76. The van der Waals surface area contributed by atoms with Gasteiger partial charge >= 0.3 is 6.18 Å². The van der Waals surface area contributed by atoms with Crippen LogP contribution in [0.25, 0.3) is 0 Å². The highest BCUT2D eigenvalue weighted by molar-refractivity contribution is 7.11. The second kappa shape index (κ2) is 6.24. The molecular weight excluding hydrogens is 325 g/mol.